The Balaban J connectivity index is 2.05. The summed E-state index contributed by atoms with van der Waals surface area (Å²) in [6.07, 6.45) is 3.65. The number of rotatable bonds is 3. The molecule has 0 N–H and O–H groups in total. The number of fused-ring (bicyclic) bond motifs is 1. The van der Waals surface area contributed by atoms with Crippen LogP contribution in [0, 0.1) is 0 Å². The fourth-order valence-corrected chi connectivity index (χ4v) is 2.44. The lowest BCUT2D eigenvalue weighted by molar-refractivity contribution is 0.769. The molecule has 1 aromatic heterocycles. The van der Waals surface area contributed by atoms with Gasteiger partial charge in [-0.15, -0.1) is 11.6 Å². The molecule has 2 nitrogen and oxygen atoms in total. The van der Waals surface area contributed by atoms with Crippen LogP contribution in [0.4, 0.5) is 0 Å². The Kier molecular flexibility index (Phi) is 3.03. The summed E-state index contributed by atoms with van der Waals surface area (Å²) >= 11 is 5.90. The summed E-state index contributed by atoms with van der Waals surface area (Å²) in [5.74, 6) is 0.491. The van der Waals surface area contributed by atoms with Crippen LogP contribution in [-0.4, -0.2) is 9.55 Å². The topological polar surface area (TPSA) is 17.8 Å². The number of nitrogens with zero attached hydrogens (tertiary/aromatic N) is 2. The number of imidazole rings is 1. The zero-order valence-electron chi connectivity index (χ0n) is 9.88. The van der Waals surface area contributed by atoms with Crippen molar-refractivity contribution in [3.63, 3.8) is 0 Å². The molecule has 0 bridgehead atoms. The number of benzene rings is 2. The Labute approximate surface area is 111 Å². The maximum absolute atomic E-state index is 5.90. The van der Waals surface area contributed by atoms with Gasteiger partial charge in [0.25, 0.3) is 0 Å². The van der Waals surface area contributed by atoms with Crippen molar-refractivity contribution in [1.29, 1.82) is 0 Å². The van der Waals surface area contributed by atoms with Crippen LogP contribution in [0.5, 0.6) is 0 Å². The summed E-state index contributed by atoms with van der Waals surface area (Å²) in [4.78, 5) is 4.15. The maximum Gasteiger partial charge on any atom is 0.0951 e. The second-order valence-electron chi connectivity index (χ2n) is 4.28. The largest absolute Gasteiger partial charge is 0.329 e. The first-order chi connectivity index (χ1) is 8.88. The molecule has 0 saturated carbocycles. The Hall–Kier alpha value is -1.80. The minimum absolute atomic E-state index is 0.491. The quantitative estimate of drug-likeness (QED) is 0.652. The highest BCUT2D eigenvalue weighted by Gasteiger charge is 2.04. The molecule has 0 aliphatic carbocycles. The van der Waals surface area contributed by atoms with E-state index < -0.39 is 0 Å². The lowest BCUT2D eigenvalue weighted by Gasteiger charge is -2.09. The van der Waals surface area contributed by atoms with Crippen LogP contribution in [0.2, 0.25) is 0 Å². The molecule has 3 heteroatoms. The van der Waals surface area contributed by atoms with Gasteiger partial charge in [-0.1, -0.05) is 42.5 Å². The molecule has 18 heavy (non-hydrogen) atoms. The molecule has 3 aromatic rings. The van der Waals surface area contributed by atoms with Crippen LogP contribution in [0.25, 0.3) is 10.8 Å². The van der Waals surface area contributed by atoms with Crippen molar-refractivity contribution in [2.24, 2.45) is 0 Å². The summed E-state index contributed by atoms with van der Waals surface area (Å²) in [5.41, 5.74) is 2.34. The molecule has 0 fully saturated rings. The van der Waals surface area contributed by atoms with E-state index in [1.807, 2.05) is 12.5 Å². The molecule has 1 heterocycles. The van der Waals surface area contributed by atoms with Gasteiger partial charge in [0.15, 0.2) is 0 Å². The number of hydrogen-bond acceptors (Lipinski definition) is 1. The molecular weight excluding hydrogens is 244 g/mol. The van der Waals surface area contributed by atoms with Crippen molar-refractivity contribution >= 4 is 22.4 Å². The van der Waals surface area contributed by atoms with E-state index in [0.29, 0.717) is 5.88 Å². The predicted octanol–water partition coefficient (Wildman–Crippen LogP) is 3.82. The van der Waals surface area contributed by atoms with E-state index in [1.165, 1.54) is 16.3 Å². The van der Waals surface area contributed by atoms with Gasteiger partial charge in [0.2, 0.25) is 0 Å². The third-order valence-electron chi connectivity index (χ3n) is 3.16. The Morgan fingerprint density at radius 1 is 1.06 bits per heavy atom. The van der Waals surface area contributed by atoms with E-state index in [4.69, 9.17) is 11.6 Å². The van der Waals surface area contributed by atoms with E-state index in [-0.39, 0.29) is 0 Å². The van der Waals surface area contributed by atoms with Gasteiger partial charge in [0.1, 0.15) is 0 Å². The molecule has 0 aliphatic rings. The molecule has 0 aliphatic heterocycles. The first kappa shape index (κ1) is 11.3. The van der Waals surface area contributed by atoms with Crippen molar-refractivity contribution in [1.82, 2.24) is 9.55 Å². The number of hydrogen-bond donors (Lipinski definition) is 0. The van der Waals surface area contributed by atoms with Crippen LogP contribution in [0.15, 0.2) is 55.0 Å². The lowest BCUT2D eigenvalue weighted by atomic mass is 10.0. The van der Waals surface area contributed by atoms with E-state index in [1.54, 1.807) is 0 Å². The van der Waals surface area contributed by atoms with Gasteiger partial charge >= 0.3 is 0 Å². The molecule has 0 atom stereocenters. The molecule has 3 rings (SSSR count). The van der Waals surface area contributed by atoms with Gasteiger partial charge < -0.3 is 4.57 Å². The van der Waals surface area contributed by atoms with Crippen LogP contribution < -0.4 is 0 Å². The SMILES string of the molecule is ClCc1cncn1Cc1cccc2ccccc12. The third kappa shape index (κ3) is 2.00. The molecule has 0 unspecified atom stereocenters. The van der Waals surface area contributed by atoms with Crippen LogP contribution in [0.3, 0.4) is 0 Å². The monoisotopic (exact) mass is 256 g/mol. The molecule has 0 saturated heterocycles. The predicted molar refractivity (Wildman–Crippen MR) is 74.8 cm³/mol. The number of alkyl halides is 1. The fraction of sp³-hybridized carbons (Fsp3) is 0.133. The average Bonchev–Trinajstić information content (AvgIpc) is 2.86. The van der Waals surface area contributed by atoms with Crippen molar-refractivity contribution in [2.45, 2.75) is 12.4 Å². The van der Waals surface area contributed by atoms with E-state index in [0.717, 1.165) is 12.2 Å². The van der Waals surface area contributed by atoms with Crippen molar-refractivity contribution in [2.75, 3.05) is 0 Å². The second kappa shape index (κ2) is 4.83. The van der Waals surface area contributed by atoms with Gasteiger partial charge in [-0.25, -0.2) is 4.98 Å². The van der Waals surface area contributed by atoms with Gasteiger partial charge in [0, 0.05) is 12.7 Å². The molecule has 0 radical (unpaired) electrons. The Morgan fingerprint density at radius 2 is 1.89 bits per heavy atom. The third-order valence-corrected chi connectivity index (χ3v) is 3.43. The highest BCUT2D eigenvalue weighted by atomic mass is 35.5. The zero-order valence-corrected chi connectivity index (χ0v) is 10.6. The zero-order chi connectivity index (χ0) is 12.4. The minimum Gasteiger partial charge on any atom is -0.329 e. The van der Waals surface area contributed by atoms with Crippen molar-refractivity contribution in [3.05, 3.63) is 66.2 Å². The number of halogens is 1. The lowest BCUT2D eigenvalue weighted by Crippen LogP contribution is -2.02. The molecular formula is C15H13ClN2. The molecule has 2 aromatic carbocycles. The van der Waals surface area contributed by atoms with E-state index in [9.17, 15) is 0 Å². The smallest absolute Gasteiger partial charge is 0.0951 e. The van der Waals surface area contributed by atoms with Crippen LogP contribution >= 0.6 is 11.6 Å². The second-order valence-corrected chi connectivity index (χ2v) is 4.55. The van der Waals surface area contributed by atoms with Gasteiger partial charge in [0.05, 0.1) is 17.9 Å². The normalized spacial score (nSPS) is 10.9. The number of aromatic nitrogens is 2. The summed E-state index contributed by atoms with van der Waals surface area (Å²) < 4.78 is 2.09. The molecule has 90 valence electrons. The molecule has 0 spiro atoms. The summed E-state index contributed by atoms with van der Waals surface area (Å²) in [6, 6.07) is 14.8. The van der Waals surface area contributed by atoms with Gasteiger partial charge in [-0.05, 0) is 16.3 Å². The maximum atomic E-state index is 5.90. The summed E-state index contributed by atoms with van der Waals surface area (Å²) in [6.45, 7) is 0.809. The van der Waals surface area contributed by atoms with Gasteiger partial charge in [-0.3, -0.25) is 0 Å². The van der Waals surface area contributed by atoms with Crippen LogP contribution in [-0.2, 0) is 12.4 Å². The highest BCUT2D eigenvalue weighted by Crippen LogP contribution is 2.20. The fourth-order valence-electron chi connectivity index (χ4n) is 2.22. The molecule has 0 amide bonds. The summed E-state index contributed by atoms with van der Waals surface area (Å²) in [5, 5.41) is 2.55. The van der Waals surface area contributed by atoms with Gasteiger partial charge in [-0.2, -0.15) is 0 Å². The highest BCUT2D eigenvalue weighted by molar-refractivity contribution is 6.16. The summed E-state index contributed by atoms with van der Waals surface area (Å²) in [7, 11) is 0. The van der Waals surface area contributed by atoms with E-state index >= 15 is 0 Å². The average molecular weight is 257 g/mol. The first-order valence-corrected chi connectivity index (χ1v) is 6.43. The van der Waals surface area contributed by atoms with Crippen LogP contribution in [0.1, 0.15) is 11.3 Å². The first-order valence-electron chi connectivity index (χ1n) is 5.90. The minimum atomic E-state index is 0.491. The Bertz CT molecular complexity index is 668. The standard InChI is InChI=1S/C15H13ClN2/c16-8-14-9-17-11-18(14)10-13-6-3-5-12-4-1-2-7-15(12)13/h1-7,9,11H,8,10H2. The van der Waals surface area contributed by atoms with Crippen molar-refractivity contribution in [3.8, 4) is 0 Å². The van der Waals surface area contributed by atoms with E-state index in [2.05, 4.69) is 52.0 Å². The Morgan fingerprint density at radius 3 is 2.78 bits per heavy atom. The van der Waals surface area contributed by atoms with Crippen molar-refractivity contribution < 1.29 is 0 Å².